The summed E-state index contributed by atoms with van der Waals surface area (Å²) in [6, 6.07) is 21.7. The molecule has 10 nitrogen and oxygen atoms in total. The smallest absolute Gasteiger partial charge is 0.273 e. The Labute approximate surface area is 262 Å². The molecule has 2 amide bonds. The summed E-state index contributed by atoms with van der Waals surface area (Å²) in [6.07, 6.45) is 4.27. The monoisotopic (exact) mass is 603 g/mol. The Balaban J connectivity index is 1.07. The molecule has 3 heterocycles. The van der Waals surface area contributed by atoms with Crippen LogP contribution in [0.1, 0.15) is 62.0 Å². The van der Waals surface area contributed by atoms with E-state index in [4.69, 9.17) is 0 Å². The van der Waals surface area contributed by atoms with E-state index in [1.54, 1.807) is 61.8 Å². The van der Waals surface area contributed by atoms with Crippen molar-refractivity contribution in [3.05, 3.63) is 106 Å². The average Bonchev–Trinajstić information content (AvgIpc) is 3.76. The fourth-order valence-corrected chi connectivity index (χ4v) is 5.84. The number of carbonyl (C=O) groups excluding carboxylic acids is 3. The fourth-order valence-electron chi connectivity index (χ4n) is 5.84. The fraction of sp³-hybridized carbons (Fsp3) is 0.286. The number of nitrogens with one attached hydrogen (secondary N) is 3. The lowest BCUT2D eigenvalue weighted by Crippen LogP contribution is -2.29. The molecule has 10 heteroatoms. The first-order chi connectivity index (χ1) is 21.8. The van der Waals surface area contributed by atoms with E-state index < -0.39 is 5.92 Å². The Morgan fingerprint density at radius 1 is 1.02 bits per heavy atom. The van der Waals surface area contributed by atoms with Gasteiger partial charge in [-0.3, -0.25) is 24.1 Å². The van der Waals surface area contributed by atoms with Gasteiger partial charge in [0.1, 0.15) is 11.6 Å². The predicted molar refractivity (Wildman–Crippen MR) is 176 cm³/mol. The minimum absolute atomic E-state index is 0.188. The minimum atomic E-state index is -0.551. The lowest BCUT2D eigenvalue weighted by Gasteiger charge is -2.14. The number of hydrogen-bond donors (Lipinski definition) is 3. The molecule has 230 valence electrons. The predicted octanol–water partition coefficient (Wildman–Crippen LogP) is 4.84. The van der Waals surface area contributed by atoms with Gasteiger partial charge in [0.15, 0.2) is 5.78 Å². The number of aromatic nitrogens is 2. The number of anilines is 2. The third-order valence-corrected chi connectivity index (χ3v) is 8.25. The summed E-state index contributed by atoms with van der Waals surface area (Å²) in [4.78, 5) is 46.0. The van der Waals surface area contributed by atoms with Crippen molar-refractivity contribution in [3.63, 3.8) is 0 Å². The van der Waals surface area contributed by atoms with Crippen molar-refractivity contribution in [3.8, 4) is 0 Å². The number of nitrogens with zero attached hydrogens (tertiary/aromatic N) is 4. The molecule has 1 fully saturated rings. The molecule has 4 aromatic rings. The first-order valence-corrected chi connectivity index (χ1v) is 15.3. The normalized spacial score (nSPS) is 16.2. The molecule has 3 N–H and O–H groups in total. The van der Waals surface area contributed by atoms with E-state index in [1.165, 1.54) is 36.2 Å². The highest BCUT2D eigenvalue weighted by Gasteiger charge is 2.30. The highest BCUT2D eigenvalue weighted by atomic mass is 16.2. The quantitative estimate of drug-likeness (QED) is 0.128. The molecule has 1 unspecified atom stereocenters. The zero-order valence-corrected chi connectivity index (χ0v) is 25.5. The largest absolute Gasteiger partial charge is 0.325 e. The number of aryl methyl sites for hydroxylation is 2. The van der Waals surface area contributed by atoms with Crippen LogP contribution in [-0.2, 0) is 18.4 Å². The molecule has 0 saturated carbocycles. The van der Waals surface area contributed by atoms with Crippen LogP contribution >= 0.6 is 0 Å². The molecule has 1 saturated heterocycles. The number of rotatable bonds is 11. The number of benzene rings is 3. The zero-order chi connectivity index (χ0) is 31.3. The van der Waals surface area contributed by atoms with Crippen LogP contribution in [-0.4, -0.2) is 64.7 Å². The maximum Gasteiger partial charge on any atom is 0.273 e. The lowest BCUT2D eigenvalue weighted by atomic mass is 9.97. The number of ketones is 1. The highest BCUT2D eigenvalue weighted by Crippen LogP contribution is 2.33. The second-order valence-corrected chi connectivity index (χ2v) is 11.6. The van der Waals surface area contributed by atoms with Gasteiger partial charge in [0.25, 0.3) is 5.91 Å². The number of fused-ring (bicyclic) bond motifs is 1. The summed E-state index contributed by atoms with van der Waals surface area (Å²) in [6.45, 7) is 7.10. The third kappa shape index (κ3) is 7.08. The SMILES string of the molecule is Cc1cc(C(=O)Nc2cccc(C(=O)c3ccc4c(c3)NC(=O)C4C=Nc3ccc(CNCCN4CCCC4)cc3)c2)n(C)n1. The molecular formula is C35H37N7O3. The summed E-state index contributed by atoms with van der Waals surface area (Å²) < 4.78 is 1.52. The van der Waals surface area contributed by atoms with Crippen molar-refractivity contribution >= 4 is 40.9 Å². The molecule has 0 aliphatic carbocycles. The van der Waals surface area contributed by atoms with E-state index in [0.29, 0.717) is 28.2 Å². The maximum absolute atomic E-state index is 13.4. The van der Waals surface area contributed by atoms with Gasteiger partial charge >= 0.3 is 0 Å². The first-order valence-electron chi connectivity index (χ1n) is 15.3. The van der Waals surface area contributed by atoms with Gasteiger partial charge in [-0.2, -0.15) is 5.10 Å². The van der Waals surface area contributed by atoms with Crippen LogP contribution in [0, 0.1) is 6.92 Å². The third-order valence-electron chi connectivity index (χ3n) is 8.25. The summed E-state index contributed by atoms with van der Waals surface area (Å²) in [5, 5.41) is 13.4. The Morgan fingerprint density at radius 3 is 2.56 bits per heavy atom. The van der Waals surface area contributed by atoms with Crippen molar-refractivity contribution in [1.82, 2.24) is 20.0 Å². The summed E-state index contributed by atoms with van der Waals surface area (Å²) in [7, 11) is 1.71. The molecule has 0 bridgehead atoms. The van der Waals surface area contributed by atoms with Crippen LogP contribution in [0.2, 0.25) is 0 Å². The highest BCUT2D eigenvalue weighted by molar-refractivity contribution is 6.15. The average molecular weight is 604 g/mol. The summed E-state index contributed by atoms with van der Waals surface area (Å²) >= 11 is 0. The van der Waals surface area contributed by atoms with Crippen molar-refractivity contribution in [2.24, 2.45) is 12.0 Å². The number of aliphatic imine (C=N–C) groups is 1. The van der Waals surface area contributed by atoms with Gasteiger partial charge in [-0.1, -0.05) is 36.4 Å². The minimum Gasteiger partial charge on any atom is -0.325 e. The molecule has 2 aliphatic rings. The van der Waals surface area contributed by atoms with Gasteiger partial charge in [-0.25, -0.2) is 0 Å². The molecule has 6 rings (SSSR count). The van der Waals surface area contributed by atoms with Crippen LogP contribution in [0.25, 0.3) is 0 Å². The molecule has 1 aromatic heterocycles. The summed E-state index contributed by atoms with van der Waals surface area (Å²) in [5.41, 5.74) is 5.83. The van der Waals surface area contributed by atoms with Gasteiger partial charge in [-0.15, -0.1) is 0 Å². The topological polar surface area (TPSA) is 121 Å². The number of amides is 2. The van der Waals surface area contributed by atoms with Crippen LogP contribution in [0.5, 0.6) is 0 Å². The number of hydrogen-bond acceptors (Lipinski definition) is 7. The molecule has 1 atom stereocenters. The van der Waals surface area contributed by atoms with Crippen molar-refractivity contribution < 1.29 is 14.4 Å². The first kappa shape index (κ1) is 30.1. The molecule has 2 aliphatic heterocycles. The van der Waals surface area contributed by atoms with E-state index in [9.17, 15) is 14.4 Å². The second kappa shape index (κ2) is 13.4. The van der Waals surface area contributed by atoms with Gasteiger partial charge in [-0.05, 0) is 80.4 Å². The van der Waals surface area contributed by atoms with E-state index in [0.717, 1.165) is 36.6 Å². The molecular weight excluding hydrogens is 566 g/mol. The summed E-state index contributed by atoms with van der Waals surface area (Å²) in [5.74, 6) is -1.27. The van der Waals surface area contributed by atoms with Crippen LogP contribution in [0.3, 0.4) is 0 Å². The van der Waals surface area contributed by atoms with Crippen molar-refractivity contribution in [2.45, 2.75) is 32.2 Å². The Kier molecular flexibility index (Phi) is 8.95. The van der Waals surface area contributed by atoms with E-state index in [-0.39, 0.29) is 17.6 Å². The number of carbonyl (C=O) groups is 3. The van der Waals surface area contributed by atoms with E-state index >= 15 is 0 Å². The van der Waals surface area contributed by atoms with Crippen molar-refractivity contribution in [2.75, 3.05) is 36.8 Å². The van der Waals surface area contributed by atoms with Gasteiger partial charge < -0.3 is 20.9 Å². The molecule has 0 radical (unpaired) electrons. The standard InChI is InChI=1S/C35H37N7O3/c1-23-18-32(41(2)40-23)35(45)38-28-7-5-6-25(19-28)33(43)26-10-13-29-30(34(44)39-31(29)20-26)22-37-27-11-8-24(9-12-27)21-36-14-17-42-15-3-4-16-42/h5-13,18-20,22,30,36H,3-4,14-17,21H2,1-2H3,(H,38,45)(H,39,44). The van der Waals surface area contributed by atoms with Crippen LogP contribution < -0.4 is 16.0 Å². The van der Waals surface area contributed by atoms with Crippen LogP contribution in [0.4, 0.5) is 17.1 Å². The van der Waals surface area contributed by atoms with Crippen LogP contribution in [0.15, 0.2) is 77.8 Å². The Hall–Kier alpha value is -4.93. The van der Waals surface area contributed by atoms with Gasteiger partial charge in [0.2, 0.25) is 5.91 Å². The van der Waals surface area contributed by atoms with E-state index in [2.05, 4.69) is 43.1 Å². The van der Waals surface area contributed by atoms with Crippen molar-refractivity contribution in [1.29, 1.82) is 0 Å². The lowest BCUT2D eigenvalue weighted by molar-refractivity contribution is -0.115. The zero-order valence-electron chi connectivity index (χ0n) is 25.5. The molecule has 3 aromatic carbocycles. The Morgan fingerprint density at radius 2 is 1.80 bits per heavy atom. The number of likely N-dealkylation sites (tertiary alicyclic amines) is 1. The second-order valence-electron chi connectivity index (χ2n) is 11.6. The van der Waals surface area contributed by atoms with Gasteiger partial charge in [0, 0.05) is 55.4 Å². The molecule has 0 spiro atoms. The molecule has 45 heavy (non-hydrogen) atoms. The van der Waals surface area contributed by atoms with Gasteiger partial charge in [0.05, 0.1) is 11.4 Å². The van der Waals surface area contributed by atoms with E-state index in [1.807, 2.05) is 19.1 Å². The maximum atomic E-state index is 13.4. The Bertz CT molecular complexity index is 1750.